The highest BCUT2D eigenvalue weighted by molar-refractivity contribution is 7.10. The number of nitrogens with one attached hydrogen (secondary N) is 1. The molecular weight excluding hydrogens is 236 g/mol. The Hall–Kier alpha value is -1.69. The number of amides is 1. The van der Waals surface area contributed by atoms with Gasteiger partial charge in [0, 0.05) is 4.88 Å². The lowest BCUT2D eigenvalue weighted by Gasteiger charge is -2.11. The molecule has 1 amide bonds. The number of aryl methyl sites for hydroxylation is 1. The Morgan fingerprint density at radius 1 is 1.65 bits per heavy atom. The topological polar surface area (TPSA) is 59.8 Å². The Kier molecular flexibility index (Phi) is 3.53. The summed E-state index contributed by atoms with van der Waals surface area (Å²) in [5.41, 5.74) is 1.21. The molecule has 2 aromatic heterocycles. The number of aromatic nitrogens is 3. The molecule has 1 N–H and O–H groups in total. The predicted octanol–water partition coefficient (Wildman–Crippen LogP) is 1.53. The molecule has 2 aromatic rings. The van der Waals surface area contributed by atoms with Crippen LogP contribution in [-0.4, -0.2) is 20.7 Å². The van der Waals surface area contributed by atoms with Crippen molar-refractivity contribution < 1.29 is 4.79 Å². The average molecular weight is 250 g/mol. The zero-order valence-corrected chi connectivity index (χ0v) is 10.6. The van der Waals surface area contributed by atoms with Gasteiger partial charge in [0.25, 0.3) is 0 Å². The number of carbonyl (C=O) groups is 1. The number of hydrogen-bond acceptors (Lipinski definition) is 4. The van der Waals surface area contributed by atoms with Gasteiger partial charge in [0.2, 0.25) is 5.91 Å². The molecule has 6 heteroatoms. The number of carbonyl (C=O) groups excluding carboxylic acids is 1. The number of hydrogen-bond donors (Lipinski definition) is 1. The molecule has 17 heavy (non-hydrogen) atoms. The van der Waals surface area contributed by atoms with Gasteiger partial charge in [0.1, 0.15) is 18.7 Å². The van der Waals surface area contributed by atoms with Crippen LogP contribution in [0.1, 0.15) is 23.4 Å². The van der Waals surface area contributed by atoms with Crippen molar-refractivity contribution in [3.05, 3.63) is 34.5 Å². The highest BCUT2D eigenvalue weighted by atomic mass is 32.1. The Bertz CT molecular complexity index is 491. The third-order valence-electron chi connectivity index (χ3n) is 2.60. The largest absolute Gasteiger partial charge is 0.349 e. The Morgan fingerprint density at radius 2 is 2.47 bits per heavy atom. The smallest absolute Gasteiger partial charge is 0.244 e. The minimum atomic E-state index is -0.335. The van der Waals surface area contributed by atoms with Crippen LogP contribution in [0.3, 0.4) is 0 Å². The van der Waals surface area contributed by atoms with Crippen molar-refractivity contribution in [2.75, 3.05) is 0 Å². The van der Waals surface area contributed by atoms with Gasteiger partial charge in [-0.1, -0.05) is 0 Å². The van der Waals surface area contributed by atoms with Gasteiger partial charge in [-0.25, -0.2) is 9.67 Å². The third-order valence-corrected chi connectivity index (χ3v) is 3.63. The number of nitrogens with zero attached hydrogens (tertiary/aromatic N) is 3. The van der Waals surface area contributed by atoms with E-state index in [0.29, 0.717) is 6.54 Å². The first kappa shape index (κ1) is 11.8. The second kappa shape index (κ2) is 5.09. The van der Waals surface area contributed by atoms with Crippen LogP contribution >= 0.6 is 11.3 Å². The zero-order valence-electron chi connectivity index (χ0n) is 9.75. The summed E-state index contributed by atoms with van der Waals surface area (Å²) in [5, 5.41) is 8.87. The van der Waals surface area contributed by atoms with E-state index in [1.807, 2.05) is 18.4 Å². The number of rotatable bonds is 4. The summed E-state index contributed by atoms with van der Waals surface area (Å²) >= 11 is 1.65. The van der Waals surface area contributed by atoms with Crippen LogP contribution in [0, 0.1) is 6.92 Å². The summed E-state index contributed by atoms with van der Waals surface area (Å²) in [5.74, 6) is -0.0525. The van der Waals surface area contributed by atoms with Gasteiger partial charge in [0.05, 0.1) is 6.54 Å². The standard InChI is InChI=1S/C11H14N4OS/c1-8-3-4-17-10(8)5-13-11(16)9(2)15-7-12-6-14-15/h3-4,6-7,9H,5H2,1-2H3,(H,13,16)/t9-/m1/s1. The van der Waals surface area contributed by atoms with Crippen molar-refractivity contribution >= 4 is 17.2 Å². The molecule has 5 nitrogen and oxygen atoms in total. The lowest BCUT2D eigenvalue weighted by atomic mass is 10.3. The minimum Gasteiger partial charge on any atom is -0.349 e. The first-order valence-corrected chi connectivity index (χ1v) is 6.21. The lowest BCUT2D eigenvalue weighted by Crippen LogP contribution is -2.30. The van der Waals surface area contributed by atoms with Crippen LogP contribution in [0.4, 0.5) is 0 Å². The molecule has 2 heterocycles. The lowest BCUT2D eigenvalue weighted by molar-refractivity contribution is -0.124. The van der Waals surface area contributed by atoms with Gasteiger partial charge in [-0.3, -0.25) is 4.79 Å². The van der Waals surface area contributed by atoms with Gasteiger partial charge < -0.3 is 5.32 Å². The maximum Gasteiger partial charge on any atom is 0.244 e. The summed E-state index contributed by atoms with van der Waals surface area (Å²) < 4.78 is 1.54. The maximum atomic E-state index is 11.9. The SMILES string of the molecule is Cc1ccsc1CNC(=O)[C@@H](C)n1cncn1. The minimum absolute atomic E-state index is 0.0525. The van der Waals surface area contributed by atoms with Gasteiger partial charge in [0.15, 0.2) is 0 Å². The fourth-order valence-electron chi connectivity index (χ4n) is 1.44. The normalized spacial score (nSPS) is 12.4. The Labute approximate surface area is 103 Å². The van der Waals surface area contributed by atoms with Gasteiger partial charge in [-0.05, 0) is 30.9 Å². The molecule has 90 valence electrons. The maximum absolute atomic E-state index is 11.9. The fourth-order valence-corrected chi connectivity index (χ4v) is 2.28. The van der Waals surface area contributed by atoms with E-state index in [9.17, 15) is 4.79 Å². The molecule has 0 unspecified atom stereocenters. The van der Waals surface area contributed by atoms with E-state index < -0.39 is 0 Å². The van der Waals surface area contributed by atoms with E-state index in [0.717, 1.165) is 0 Å². The molecule has 0 aliphatic heterocycles. The molecule has 0 aromatic carbocycles. The van der Waals surface area contributed by atoms with Crippen LogP contribution in [0.15, 0.2) is 24.1 Å². The van der Waals surface area contributed by atoms with Gasteiger partial charge >= 0.3 is 0 Å². The summed E-state index contributed by atoms with van der Waals surface area (Å²) in [7, 11) is 0. The summed E-state index contributed by atoms with van der Waals surface area (Å²) in [6, 6.07) is 1.71. The van der Waals surface area contributed by atoms with E-state index in [1.54, 1.807) is 24.6 Å². The van der Waals surface area contributed by atoms with Crippen LogP contribution < -0.4 is 5.32 Å². The van der Waals surface area contributed by atoms with Crippen molar-refractivity contribution in [1.82, 2.24) is 20.1 Å². The highest BCUT2D eigenvalue weighted by Gasteiger charge is 2.15. The second-order valence-electron chi connectivity index (χ2n) is 3.80. The number of thiophene rings is 1. The second-order valence-corrected chi connectivity index (χ2v) is 4.80. The summed E-state index contributed by atoms with van der Waals surface area (Å²) in [6.45, 7) is 4.41. The summed E-state index contributed by atoms with van der Waals surface area (Å²) in [6.07, 6.45) is 2.97. The van der Waals surface area contributed by atoms with E-state index >= 15 is 0 Å². The molecule has 0 spiro atoms. The van der Waals surface area contributed by atoms with Crippen molar-refractivity contribution in [2.45, 2.75) is 26.4 Å². The molecule has 0 aliphatic rings. The van der Waals surface area contributed by atoms with E-state index in [2.05, 4.69) is 15.4 Å². The Morgan fingerprint density at radius 3 is 3.06 bits per heavy atom. The predicted molar refractivity (Wildman–Crippen MR) is 65.6 cm³/mol. The fraction of sp³-hybridized carbons (Fsp3) is 0.364. The van der Waals surface area contributed by atoms with Crippen LogP contribution in [0.25, 0.3) is 0 Å². The highest BCUT2D eigenvalue weighted by Crippen LogP contribution is 2.15. The van der Waals surface area contributed by atoms with Crippen molar-refractivity contribution in [3.8, 4) is 0 Å². The van der Waals surface area contributed by atoms with Gasteiger partial charge in [-0.2, -0.15) is 5.10 Å². The molecule has 2 rings (SSSR count). The molecule has 0 saturated carbocycles. The zero-order chi connectivity index (χ0) is 12.3. The van der Waals surface area contributed by atoms with Crippen molar-refractivity contribution in [3.63, 3.8) is 0 Å². The quantitative estimate of drug-likeness (QED) is 0.895. The third kappa shape index (κ3) is 2.71. The monoisotopic (exact) mass is 250 g/mol. The van der Waals surface area contributed by atoms with Crippen molar-refractivity contribution in [2.24, 2.45) is 0 Å². The van der Waals surface area contributed by atoms with Gasteiger partial charge in [-0.15, -0.1) is 11.3 Å². The van der Waals surface area contributed by atoms with Crippen molar-refractivity contribution in [1.29, 1.82) is 0 Å². The van der Waals surface area contributed by atoms with E-state index in [1.165, 1.54) is 21.4 Å². The average Bonchev–Trinajstić information content (AvgIpc) is 2.96. The van der Waals surface area contributed by atoms with Crippen LogP contribution in [0.2, 0.25) is 0 Å². The van der Waals surface area contributed by atoms with E-state index in [4.69, 9.17) is 0 Å². The first-order chi connectivity index (χ1) is 8.18. The first-order valence-electron chi connectivity index (χ1n) is 5.33. The molecule has 0 radical (unpaired) electrons. The van der Waals surface area contributed by atoms with E-state index in [-0.39, 0.29) is 11.9 Å². The molecule has 1 atom stereocenters. The van der Waals surface area contributed by atoms with Crippen LogP contribution in [0.5, 0.6) is 0 Å². The van der Waals surface area contributed by atoms with Crippen LogP contribution in [-0.2, 0) is 11.3 Å². The molecule has 0 fully saturated rings. The molecule has 0 bridgehead atoms. The molecule has 0 saturated heterocycles. The molecule has 0 aliphatic carbocycles. The Balaban J connectivity index is 1.92. The summed E-state index contributed by atoms with van der Waals surface area (Å²) in [4.78, 5) is 16.9. The molecular formula is C11H14N4OS.